The molecule has 3 aromatic rings. The van der Waals surface area contributed by atoms with Gasteiger partial charge in [-0.05, 0) is 62.4 Å². The molecule has 0 fully saturated rings. The first-order valence-electron chi connectivity index (χ1n) is 10.1. The summed E-state index contributed by atoms with van der Waals surface area (Å²) in [4.78, 5) is 25.2. The number of nitrogens with one attached hydrogen (secondary N) is 2. The molecule has 0 bridgehead atoms. The van der Waals surface area contributed by atoms with E-state index in [0.717, 1.165) is 0 Å². The molecule has 0 aliphatic carbocycles. The van der Waals surface area contributed by atoms with E-state index in [-0.39, 0.29) is 27.4 Å². The molecule has 0 spiro atoms. The van der Waals surface area contributed by atoms with Gasteiger partial charge >= 0.3 is 0 Å². The van der Waals surface area contributed by atoms with Gasteiger partial charge in [0, 0.05) is 30.0 Å². The van der Waals surface area contributed by atoms with Gasteiger partial charge in [-0.2, -0.15) is 4.31 Å². The second-order valence-electron chi connectivity index (χ2n) is 7.61. The molecule has 0 aliphatic heterocycles. The van der Waals surface area contributed by atoms with Gasteiger partial charge < -0.3 is 10.6 Å². The molecule has 9 heteroatoms. The van der Waals surface area contributed by atoms with E-state index in [1.165, 1.54) is 29.6 Å². The number of halogens is 1. The number of hydrogen-bond donors (Lipinski definition) is 2. The zero-order chi connectivity index (χ0) is 24.2. The number of benzene rings is 3. The van der Waals surface area contributed by atoms with Gasteiger partial charge in [-0.15, -0.1) is 0 Å². The van der Waals surface area contributed by atoms with Gasteiger partial charge in [-0.3, -0.25) is 9.59 Å². The van der Waals surface area contributed by atoms with Crippen LogP contribution in [0.1, 0.15) is 34.6 Å². The Morgan fingerprint density at radius 3 is 2.06 bits per heavy atom. The minimum Gasteiger partial charge on any atom is -0.322 e. The number of carbonyl (C=O) groups excluding carboxylic acids is 2. The molecular formula is C24H24ClN3O4S. The monoisotopic (exact) mass is 485 g/mol. The zero-order valence-electron chi connectivity index (χ0n) is 18.4. The third-order valence-electron chi connectivity index (χ3n) is 5.00. The van der Waals surface area contributed by atoms with Crippen molar-refractivity contribution < 1.29 is 18.0 Å². The lowest BCUT2D eigenvalue weighted by atomic mass is 10.2. The van der Waals surface area contributed by atoms with Crippen molar-refractivity contribution in [3.63, 3.8) is 0 Å². The van der Waals surface area contributed by atoms with Crippen molar-refractivity contribution in [3.8, 4) is 0 Å². The Bertz CT molecular complexity index is 1280. The molecule has 2 N–H and O–H groups in total. The van der Waals surface area contributed by atoms with Crippen LogP contribution in [0.4, 0.5) is 11.4 Å². The van der Waals surface area contributed by atoms with Gasteiger partial charge in [0.25, 0.3) is 11.8 Å². The highest BCUT2D eigenvalue weighted by atomic mass is 35.5. The van der Waals surface area contributed by atoms with E-state index in [1.807, 2.05) is 6.07 Å². The molecule has 33 heavy (non-hydrogen) atoms. The zero-order valence-corrected chi connectivity index (χ0v) is 19.9. The molecule has 0 saturated heterocycles. The average molecular weight is 486 g/mol. The molecule has 3 rings (SSSR count). The maximum absolute atomic E-state index is 12.9. The van der Waals surface area contributed by atoms with Crippen LogP contribution in [0.15, 0.2) is 77.7 Å². The first kappa shape index (κ1) is 24.4. The van der Waals surface area contributed by atoms with Gasteiger partial charge in [0.05, 0.1) is 15.5 Å². The summed E-state index contributed by atoms with van der Waals surface area (Å²) in [5.41, 5.74) is 1.42. The fourth-order valence-electron chi connectivity index (χ4n) is 2.95. The second kappa shape index (κ2) is 10.2. The summed E-state index contributed by atoms with van der Waals surface area (Å²) in [6, 6.07) is 19.1. The predicted molar refractivity (Wildman–Crippen MR) is 130 cm³/mol. The van der Waals surface area contributed by atoms with E-state index in [9.17, 15) is 18.0 Å². The van der Waals surface area contributed by atoms with E-state index in [2.05, 4.69) is 10.6 Å². The van der Waals surface area contributed by atoms with E-state index in [1.54, 1.807) is 62.4 Å². The summed E-state index contributed by atoms with van der Waals surface area (Å²) in [6.07, 6.45) is 0. The summed E-state index contributed by atoms with van der Waals surface area (Å²) in [7, 11) is -2.31. The van der Waals surface area contributed by atoms with Gasteiger partial charge in [-0.25, -0.2) is 8.42 Å². The van der Waals surface area contributed by atoms with Crippen LogP contribution in [-0.2, 0) is 10.0 Å². The molecule has 0 aliphatic rings. The van der Waals surface area contributed by atoms with Crippen LogP contribution in [0.5, 0.6) is 0 Å². The maximum Gasteiger partial charge on any atom is 0.257 e. The van der Waals surface area contributed by atoms with Crippen LogP contribution in [0.3, 0.4) is 0 Å². The molecular weight excluding hydrogens is 462 g/mol. The molecule has 2 amide bonds. The second-order valence-corrected chi connectivity index (χ2v) is 10.0. The molecule has 172 valence electrons. The Labute approximate surface area is 198 Å². The maximum atomic E-state index is 12.9. The lowest BCUT2D eigenvalue weighted by molar-refractivity contribution is 0.101. The quantitative estimate of drug-likeness (QED) is 0.499. The summed E-state index contributed by atoms with van der Waals surface area (Å²) in [5, 5.41) is 5.59. The first-order chi connectivity index (χ1) is 15.6. The van der Waals surface area contributed by atoms with Crippen molar-refractivity contribution in [2.45, 2.75) is 24.8 Å². The smallest absolute Gasteiger partial charge is 0.257 e. The van der Waals surface area contributed by atoms with Gasteiger partial charge in [0.15, 0.2) is 0 Å². The molecule has 0 atom stereocenters. The Morgan fingerprint density at radius 2 is 1.45 bits per heavy atom. The minimum atomic E-state index is -3.78. The summed E-state index contributed by atoms with van der Waals surface area (Å²) >= 11 is 6.19. The number of amides is 2. The fraction of sp³-hybridized carbons (Fsp3) is 0.167. The van der Waals surface area contributed by atoms with Crippen LogP contribution in [0, 0.1) is 0 Å². The predicted octanol–water partition coefficient (Wildman–Crippen LogP) is 4.87. The molecule has 0 aromatic heterocycles. The number of hydrogen-bond acceptors (Lipinski definition) is 4. The highest BCUT2D eigenvalue weighted by Gasteiger charge is 2.25. The highest BCUT2D eigenvalue weighted by molar-refractivity contribution is 7.89. The molecule has 0 unspecified atom stereocenters. The van der Waals surface area contributed by atoms with Gasteiger partial charge in [-0.1, -0.05) is 35.9 Å². The van der Waals surface area contributed by atoms with Crippen molar-refractivity contribution >= 4 is 44.8 Å². The number of sulfonamides is 1. The molecule has 0 heterocycles. The molecule has 0 saturated carbocycles. The largest absolute Gasteiger partial charge is 0.322 e. The lowest BCUT2D eigenvalue weighted by Crippen LogP contribution is -2.33. The third kappa shape index (κ3) is 5.78. The fourth-order valence-corrected chi connectivity index (χ4v) is 4.55. The van der Waals surface area contributed by atoms with Crippen molar-refractivity contribution in [2.75, 3.05) is 17.7 Å². The van der Waals surface area contributed by atoms with Crippen molar-refractivity contribution in [3.05, 3.63) is 88.9 Å². The first-order valence-corrected chi connectivity index (χ1v) is 12.0. The van der Waals surface area contributed by atoms with Gasteiger partial charge in [0.1, 0.15) is 0 Å². The Morgan fingerprint density at radius 1 is 0.848 bits per heavy atom. The van der Waals surface area contributed by atoms with E-state index in [4.69, 9.17) is 11.6 Å². The number of carbonyl (C=O) groups is 2. The number of anilines is 2. The highest BCUT2D eigenvalue weighted by Crippen LogP contribution is 2.25. The van der Waals surface area contributed by atoms with Crippen LogP contribution >= 0.6 is 11.6 Å². The van der Waals surface area contributed by atoms with E-state index in [0.29, 0.717) is 16.9 Å². The normalized spacial score (nSPS) is 11.5. The van der Waals surface area contributed by atoms with Crippen LogP contribution in [0.25, 0.3) is 0 Å². The standard InChI is InChI=1S/C24H24ClN3O4S/c1-16(2)28(3)33(31,32)20-12-13-22(25)21(15-20)24(30)27-19-11-7-10-18(14-19)26-23(29)17-8-5-4-6-9-17/h4-16H,1-3H3,(H,26,29)(H,27,30). The van der Waals surface area contributed by atoms with E-state index < -0.39 is 15.9 Å². The molecule has 0 radical (unpaired) electrons. The number of nitrogens with zero attached hydrogens (tertiary/aromatic N) is 1. The van der Waals surface area contributed by atoms with Crippen molar-refractivity contribution in [2.24, 2.45) is 0 Å². The average Bonchev–Trinajstić information content (AvgIpc) is 2.79. The Kier molecular flexibility index (Phi) is 7.53. The minimum absolute atomic E-state index is 0.0219. The Hall–Kier alpha value is -3.20. The third-order valence-corrected chi connectivity index (χ3v) is 7.36. The van der Waals surface area contributed by atoms with Crippen LogP contribution in [0.2, 0.25) is 5.02 Å². The van der Waals surface area contributed by atoms with Gasteiger partial charge in [0.2, 0.25) is 10.0 Å². The summed E-state index contributed by atoms with van der Waals surface area (Å²) in [6.45, 7) is 3.51. The van der Waals surface area contributed by atoms with Crippen LogP contribution in [-0.4, -0.2) is 37.6 Å². The van der Waals surface area contributed by atoms with Crippen LogP contribution < -0.4 is 10.6 Å². The molecule has 7 nitrogen and oxygen atoms in total. The summed E-state index contributed by atoms with van der Waals surface area (Å²) < 4.78 is 26.8. The Balaban J connectivity index is 1.81. The molecule has 3 aromatic carbocycles. The van der Waals surface area contributed by atoms with Crippen molar-refractivity contribution in [1.82, 2.24) is 4.31 Å². The van der Waals surface area contributed by atoms with Crippen molar-refractivity contribution in [1.29, 1.82) is 0 Å². The summed E-state index contributed by atoms with van der Waals surface area (Å²) in [5.74, 6) is -0.856. The number of rotatable bonds is 7. The SMILES string of the molecule is CC(C)N(C)S(=O)(=O)c1ccc(Cl)c(C(=O)Nc2cccc(NC(=O)c3ccccc3)c2)c1. The topological polar surface area (TPSA) is 95.6 Å². The van der Waals surface area contributed by atoms with E-state index >= 15 is 0 Å². The lowest BCUT2D eigenvalue weighted by Gasteiger charge is -2.21.